The SMILES string of the molecule is CCC(C)C(=O)N1CCCC(C(=O)Nc2ncc(C3CCNCC3)s2)C1. The molecule has 0 radical (unpaired) electrons. The molecular weight excluding hydrogens is 348 g/mol. The number of likely N-dealkylation sites (tertiary alicyclic amines) is 1. The molecule has 0 spiro atoms. The molecule has 144 valence electrons. The summed E-state index contributed by atoms with van der Waals surface area (Å²) in [6, 6.07) is 0. The Morgan fingerprint density at radius 2 is 2.15 bits per heavy atom. The Morgan fingerprint density at radius 3 is 2.88 bits per heavy atom. The number of nitrogens with zero attached hydrogens (tertiary/aromatic N) is 2. The molecule has 7 heteroatoms. The summed E-state index contributed by atoms with van der Waals surface area (Å²) in [5, 5.41) is 7.05. The van der Waals surface area contributed by atoms with Crippen LogP contribution in [0.1, 0.15) is 56.7 Å². The first-order valence-corrected chi connectivity index (χ1v) is 10.7. The van der Waals surface area contributed by atoms with Gasteiger partial charge in [-0.3, -0.25) is 9.59 Å². The maximum atomic E-state index is 12.7. The van der Waals surface area contributed by atoms with Crippen molar-refractivity contribution < 1.29 is 9.59 Å². The van der Waals surface area contributed by atoms with Gasteiger partial charge in [0.25, 0.3) is 0 Å². The molecule has 3 heterocycles. The lowest BCUT2D eigenvalue weighted by atomic mass is 9.95. The minimum Gasteiger partial charge on any atom is -0.342 e. The van der Waals surface area contributed by atoms with Crippen LogP contribution >= 0.6 is 11.3 Å². The van der Waals surface area contributed by atoms with Crippen LogP contribution in [-0.2, 0) is 9.59 Å². The highest BCUT2D eigenvalue weighted by Gasteiger charge is 2.30. The zero-order valence-electron chi connectivity index (χ0n) is 15.8. The van der Waals surface area contributed by atoms with Gasteiger partial charge in [0, 0.05) is 30.1 Å². The van der Waals surface area contributed by atoms with E-state index in [1.165, 1.54) is 4.88 Å². The van der Waals surface area contributed by atoms with Gasteiger partial charge in [0.1, 0.15) is 0 Å². The van der Waals surface area contributed by atoms with Gasteiger partial charge in [-0.25, -0.2) is 4.98 Å². The molecule has 1 aromatic rings. The Bertz CT molecular complexity index is 627. The zero-order chi connectivity index (χ0) is 18.5. The summed E-state index contributed by atoms with van der Waals surface area (Å²) in [6.07, 6.45) is 6.73. The minimum absolute atomic E-state index is 0.00198. The van der Waals surface area contributed by atoms with Gasteiger partial charge in [-0.05, 0) is 51.1 Å². The zero-order valence-corrected chi connectivity index (χ0v) is 16.6. The molecule has 0 bridgehead atoms. The molecule has 2 fully saturated rings. The van der Waals surface area contributed by atoms with Crippen molar-refractivity contribution in [1.29, 1.82) is 0 Å². The second kappa shape index (κ2) is 8.95. The summed E-state index contributed by atoms with van der Waals surface area (Å²) < 4.78 is 0. The normalized spacial score (nSPS) is 22.8. The van der Waals surface area contributed by atoms with E-state index in [0.717, 1.165) is 51.7 Å². The van der Waals surface area contributed by atoms with Crippen molar-refractivity contribution in [2.75, 3.05) is 31.5 Å². The van der Waals surface area contributed by atoms with Crippen molar-refractivity contribution >= 4 is 28.3 Å². The fourth-order valence-corrected chi connectivity index (χ4v) is 4.71. The highest BCUT2D eigenvalue weighted by Crippen LogP contribution is 2.32. The van der Waals surface area contributed by atoms with Crippen molar-refractivity contribution in [1.82, 2.24) is 15.2 Å². The molecule has 26 heavy (non-hydrogen) atoms. The Hall–Kier alpha value is -1.47. The molecule has 6 nitrogen and oxygen atoms in total. The van der Waals surface area contributed by atoms with Crippen molar-refractivity contribution in [3.05, 3.63) is 11.1 Å². The maximum absolute atomic E-state index is 12.7. The Morgan fingerprint density at radius 1 is 1.38 bits per heavy atom. The number of hydrogen-bond acceptors (Lipinski definition) is 5. The predicted molar refractivity (Wildman–Crippen MR) is 104 cm³/mol. The van der Waals surface area contributed by atoms with E-state index in [9.17, 15) is 9.59 Å². The van der Waals surface area contributed by atoms with Crippen LogP contribution in [0.2, 0.25) is 0 Å². The topological polar surface area (TPSA) is 74.3 Å². The fourth-order valence-electron chi connectivity index (χ4n) is 3.72. The summed E-state index contributed by atoms with van der Waals surface area (Å²) in [5.74, 6) is 0.620. The molecule has 2 unspecified atom stereocenters. The summed E-state index contributed by atoms with van der Waals surface area (Å²) in [7, 11) is 0. The third-order valence-corrected chi connectivity index (χ3v) is 6.71. The van der Waals surface area contributed by atoms with Crippen LogP contribution in [0.3, 0.4) is 0 Å². The van der Waals surface area contributed by atoms with Crippen molar-refractivity contribution in [3.8, 4) is 0 Å². The molecule has 0 saturated carbocycles. The van der Waals surface area contributed by atoms with Gasteiger partial charge < -0.3 is 15.5 Å². The summed E-state index contributed by atoms with van der Waals surface area (Å²) in [4.78, 5) is 32.6. The average molecular weight is 379 g/mol. The number of thiazole rings is 1. The Labute approximate surface area is 159 Å². The van der Waals surface area contributed by atoms with E-state index >= 15 is 0 Å². The molecule has 3 rings (SSSR count). The first kappa shape index (κ1) is 19.3. The maximum Gasteiger partial charge on any atom is 0.231 e. The summed E-state index contributed by atoms with van der Waals surface area (Å²) in [6.45, 7) is 7.38. The lowest BCUT2D eigenvalue weighted by Gasteiger charge is -2.33. The Kier molecular flexibility index (Phi) is 6.64. The Balaban J connectivity index is 1.56. The highest BCUT2D eigenvalue weighted by atomic mass is 32.1. The number of nitrogens with one attached hydrogen (secondary N) is 2. The molecule has 2 aliphatic rings. The molecular formula is C19H30N4O2S. The standard InChI is InChI=1S/C19H30N4O2S/c1-3-13(2)18(25)23-10-4-5-15(12-23)17(24)22-19-21-11-16(26-19)14-6-8-20-9-7-14/h11,13-15,20H,3-10,12H2,1-2H3,(H,21,22,24). The van der Waals surface area contributed by atoms with E-state index in [0.29, 0.717) is 17.6 Å². The van der Waals surface area contributed by atoms with Gasteiger partial charge in [-0.2, -0.15) is 0 Å². The van der Waals surface area contributed by atoms with E-state index in [1.54, 1.807) is 11.3 Å². The number of carbonyl (C=O) groups is 2. The van der Waals surface area contributed by atoms with Gasteiger partial charge in [0.05, 0.1) is 5.92 Å². The molecule has 2 atom stereocenters. The van der Waals surface area contributed by atoms with E-state index in [4.69, 9.17) is 0 Å². The molecule has 0 aromatic carbocycles. The smallest absolute Gasteiger partial charge is 0.231 e. The number of anilines is 1. The van der Waals surface area contributed by atoms with Crippen LogP contribution in [0.15, 0.2) is 6.20 Å². The average Bonchev–Trinajstić information content (AvgIpc) is 3.16. The van der Waals surface area contributed by atoms with Gasteiger partial charge >= 0.3 is 0 Å². The van der Waals surface area contributed by atoms with Crippen LogP contribution < -0.4 is 10.6 Å². The number of hydrogen-bond donors (Lipinski definition) is 2. The van der Waals surface area contributed by atoms with E-state index in [-0.39, 0.29) is 23.7 Å². The second-order valence-electron chi connectivity index (χ2n) is 7.51. The van der Waals surface area contributed by atoms with Gasteiger partial charge in [-0.1, -0.05) is 13.8 Å². The van der Waals surface area contributed by atoms with E-state index < -0.39 is 0 Å². The number of carbonyl (C=O) groups excluding carboxylic acids is 2. The van der Waals surface area contributed by atoms with Crippen LogP contribution in [-0.4, -0.2) is 47.9 Å². The molecule has 0 aliphatic carbocycles. The third kappa shape index (κ3) is 4.62. The molecule has 2 saturated heterocycles. The van der Waals surface area contributed by atoms with E-state index in [2.05, 4.69) is 15.6 Å². The molecule has 1 aromatic heterocycles. The summed E-state index contributed by atoms with van der Waals surface area (Å²) >= 11 is 1.60. The van der Waals surface area contributed by atoms with Crippen molar-refractivity contribution in [2.45, 2.75) is 51.9 Å². The first-order valence-electron chi connectivity index (χ1n) is 9.84. The van der Waals surface area contributed by atoms with E-state index in [1.807, 2.05) is 24.9 Å². The number of aromatic nitrogens is 1. The van der Waals surface area contributed by atoms with Crippen LogP contribution in [0.5, 0.6) is 0 Å². The second-order valence-corrected chi connectivity index (χ2v) is 8.58. The first-order chi connectivity index (χ1) is 12.6. The fraction of sp³-hybridized carbons (Fsp3) is 0.737. The van der Waals surface area contributed by atoms with Gasteiger partial charge in [-0.15, -0.1) is 11.3 Å². The van der Waals surface area contributed by atoms with Gasteiger partial charge in [0.15, 0.2) is 5.13 Å². The van der Waals surface area contributed by atoms with Crippen molar-refractivity contribution in [2.24, 2.45) is 11.8 Å². The highest BCUT2D eigenvalue weighted by molar-refractivity contribution is 7.15. The number of amides is 2. The quantitative estimate of drug-likeness (QED) is 0.826. The van der Waals surface area contributed by atoms with Gasteiger partial charge in [0.2, 0.25) is 11.8 Å². The summed E-state index contributed by atoms with van der Waals surface area (Å²) in [5.41, 5.74) is 0. The van der Waals surface area contributed by atoms with Crippen LogP contribution in [0, 0.1) is 11.8 Å². The predicted octanol–water partition coefficient (Wildman–Crippen LogP) is 2.83. The molecule has 2 amide bonds. The monoisotopic (exact) mass is 378 g/mol. The lowest BCUT2D eigenvalue weighted by molar-refractivity contribution is -0.138. The van der Waals surface area contributed by atoms with Crippen molar-refractivity contribution in [3.63, 3.8) is 0 Å². The molecule has 2 aliphatic heterocycles. The molecule has 2 N–H and O–H groups in total. The minimum atomic E-state index is -0.136. The van der Waals surface area contributed by atoms with Crippen LogP contribution in [0.25, 0.3) is 0 Å². The lowest BCUT2D eigenvalue weighted by Crippen LogP contribution is -2.45. The third-order valence-electron chi connectivity index (χ3n) is 5.63. The van der Waals surface area contributed by atoms with Crippen LogP contribution in [0.4, 0.5) is 5.13 Å². The number of rotatable bonds is 5. The number of piperidine rings is 2. The largest absolute Gasteiger partial charge is 0.342 e.